The molecule has 0 aliphatic carbocycles. The Hall–Kier alpha value is -2.89. The maximum atomic E-state index is 5.28. The summed E-state index contributed by atoms with van der Waals surface area (Å²) in [5, 5.41) is 14.5. The van der Waals surface area contributed by atoms with Gasteiger partial charge in [0.25, 0.3) is 0 Å². The number of hydrogen-bond acceptors (Lipinski definition) is 6. The first-order valence-electron chi connectivity index (χ1n) is 7.42. The Labute approximate surface area is 135 Å². The molecular formula is C17H19N5O. The SMILES string of the molecule is Cc1cc(C)c(Nc2nncc(NCc3ccco3)n2)c(C)c1. The molecule has 0 bridgehead atoms. The van der Waals surface area contributed by atoms with E-state index in [1.807, 2.05) is 12.1 Å². The van der Waals surface area contributed by atoms with Crippen molar-refractivity contribution in [1.82, 2.24) is 15.2 Å². The first-order chi connectivity index (χ1) is 11.1. The second-order valence-electron chi connectivity index (χ2n) is 5.50. The van der Waals surface area contributed by atoms with Crippen LogP contribution in [0.15, 0.2) is 41.1 Å². The maximum absolute atomic E-state index is 5.28. The van der Waals surface area contributed by atoms with Gasteiger partial charge < -0.3 is 15.1 Å². The Morgan fingerprint density at radius 1 is 1.13 bits per heavy atom. The summed E-state index contributed by atoms with van der Waals surface area (Å²) in [6.45, 7) is 6.76. The van der Waals surface area contributed by atoms with Gasteiger partial charge in [-0.05, 0) is 44.0 Å². The van der Waals surface area contributed by atoms with E-state index in [1.54, 1.807) is 12.5 Å². The number of benzene rings is 1. The average Bonchev–Trinajstić information content (AvgIpc) is 3.03. The van der Waals surface area contributed by atoms with Crippen molar-refractivity contribution in [2.75, 3.05) is 10.6 Å². The van der Waals surface area contributed by atoms with Crippen molar-refractivity contribution in [2.45, 2.75) is 27.3 Å². The molecule has 0 aliphatic rings. The molecule has 0 spiro atoms. The lowest BCUT2D eigenvalue weighted by atomic mass is 10.1. The smallest absolute Gasteiger partial charge is 0.249 e. The van der Waals surface area contributed by atoms with Crippen LogP contribution in [0.5, 0.6) is 0 Å². The number of anilines is 3. The summed E-state index contributed by atoms with van der Waals surface area (Å²) in [4.78, 5) is 4.43. The van der Waals surface area contributed by atoms with Crippen LogP contribution in [0.25, 0.3) is 0 Å². The lowest BCUT2D eigenvalue weighted by Gasteiger charge is -2.13. The third-order valence-corrected chi connectivity index (χ3v) is 3.50. The van der Waals surface area contributed by atoms with Crippen molar-refractivity contribution in [2.24, 2.45) is 0 Å². The predicted octanol–water partition coefficient (Wildman–Crippen LogP) is 3.75. The molecule has 2 aromatic heterocycles. The number of hydrogen-bond donors (Lipinski definition) is 2. The van der Waals surface area contributed by atoms with Gasteiger partial charge in [0.2, 0.25) is 5.95 Å². The molecule has 2 heterocycles. The number of nitrogens with zero attached hydrogens (tertiary/aromatic N) is 3. The molecule has 0 fully saturated rings. The Morgan fingerprint density at radius 2 is 1.91 bits per heavy atom. The highest BCUT2D eigenvalue weighted by Crippen LogP contribution is 2.24. The zero-order valence-corrected chi connectivity index (χ0v) is 13.4. The third kappa shape index (κ3) is 3.66. The van der Waals surface area contributed by atoms with Crippen LogP contribution in [0.3, 0.4) is 0 Å². The number of aryl methyl sites for hydroxylation is 3. The van der Waals surface area contributed by atoms with Crippen LogP contribution in [0, 0.1) is 20.8 Å². The van der Waals surface area contributed by atoms with Crippen molar-refractivity contribution in [3.63, 3.8) is 0 Å². The zero-order valence-electron chi connectivity index (χ0n) is 13.4. The Bertz CT molecular complexity index is 775. The quantitative estimate of drug-likeness (QED) is 0.747. The van der Waals surface area contributed by atoms with E-state index in [2.05, 4.69) is 58.7 Å². The summed E-state index contributed by atoms with van der Waals surface area (Å²) in [6.07, 6.45) is 3.23. The van der Waals surface area contributed by atoms with E-state index in [9.17, 15) is 0 Å². The second kappa shape index (κ2) is 6.48. The van der Waals surface area contributed by atoms with Gasteiger partial charge in [-0.1, -0.05) is 17.7 Å². The van der Waals surface area contributed by atoms with Gasteiger partial charge in [0.15, 0.2) is 5.82 Å². The molecule has 3 rings (SSSR count). The summed E-state index contributed by atoms with van der Waals surface area (Å²) in [5.41, 5.74) is 4.55. The van der Waals surface area contributed by atoms with E-state index in [0.717, 1.165) is 22.6 Å². The van der Waals surface area contributed by atoms with E-state index in [-0.39, 0.29) is 0 Å². The molecule has 2 N–H and O–H groups in total. The van der Waals surface area contributed by atoms with E-state index >= 15 is 0 Å². The number of furan rings is 1. The zero-order chi connectivity index (χ0) is 16.2. The summed E-state index contributed by atoms with van der Waals surface area (Å²) in [5.74, 6) is 1.94. The van der Waals surface area contributed by atoms with E-state index < -0.39 is 0 Å². The average molecular weight is 309 g/mol. The molecule has 0 saturated heterocycles. The lowest BCUT2D eigenvalue weighted by Crippen LogP contribution is -2.06. The van der Waals surface area contributed by atoms with Crippen LogP contribution in [-0.4, -0.2) is 15.2 Å². The molecule has 3 aromatic rings. The molecule has 23 heavy (non-hydrogen) atoms. The van der Waals surface area contributed by atoms with Crippen molar-refractivity contribution in [3.05, 3.63) is 59.2 Å². The predicted molar refractivity (Wildman–Crippen MR) is 89.8 cm³/mol. The first kappa shape index (κ1) is 15.0. The van der Waals surface area contributed by atoms with Gasteiger partial charge in [-0.25, -0.2) is 0 Å². The van der Waals surface area contributed by atoms with Gasteiger partial charge in [0, 0.05) is 5.69 Å². The van der Waals surface area contributed by atoms with Crippen LogP contribution >= 0.6 is 0 Å². The molecule has 118 valence electrons. The minimum absolute atomic E-state index is 0.462. The van der Waals surface area contributed by atoms with E-state index in [1.165, 1.54) is 5.56 Å². The highest BCUT2D eigenvalue weighted by Gasteiger charge is 2.07. The fourth-order valence-electron chi connectivity index (χ4n) is 2.52. The van der Waals surface area contributed by atoms with Crippen molar-refractivity contribution in [3.8, 4) is 0 Å². The molecule has 0 amide bonds. The van der Waals surface area contributed by atoms with Gasteiger partial charge in [0.1, 0.15) is 5.76 Å². The van der Waals surface area contributed by atoms with Crippen molar-refractivity contribution >= 4 is 17.5 Å². The minimum atomic E-state index is 0.462. The van der Waals surface area contributed by atoms with Gasteiger partial charge in [-0.2, -0.15) is 10.1 Å². The second-order valence-corrected chi connectivity index (χ2v) is 5.50. The molecule has 6 nitrogen and oxygen atoms in total. The fraction of sp³-hybridized carbons (Fsp3) is 0.235. The molecule has 0 unspecified atom stereocenters. The third-order valence-electron chi connectivity index (χ3n) is 3.50. The highest BCUT2D eigenvalue weighted by molar-refractivity contribution is 5.64. The lowest BCUT2D eigenvalue weighted by molar-refractivity contribution is 0.517. The van der Waals surface area contributed by atoms with Gasteiger partial charge >= 0.3 is 0 Å². The summed E-state index contributed by atoms with van der Waals surface area (Å²) >= 11 is 0. The highest BCUT2D eigenvalue weighted by atomic mass is 16.3. The fourth-order valence-corrected chi connectivity index (χ4v) is 2.52. The summed E-state index contributed by atoms with van der Waals surface area (Å²) in [7, 11) is 0. The molecule has 0 atom stereocenters. The van der Waals surface area contributed by atoms with Crippen LogP contribution in [-0.2, 0) is 6.54 Å². The maximum Gasteiger partial charge on any atom is 0.249 e. The summed E-state index contributed by atoms with van der Waals surface area (Å²) in [6, 6.07) is 8.01. The van der Waals surface area contributed by atoms with Crippen LogP contribution < -0.4 is 10.6 Å². The first-order valence-corrected chi connectivity index (χ1v) is 7.42. The number of rotatable bonds is 5. The molecule has 0 saturated carbocycles. The Kier molecular flexibility index (Phi) is 4.23. The normalized spacial score (nSPS) is 10.6. The van der Waals surface area contributed by atoms with Crippen molar-refractivity contribution < 1.29 is 4.42 Å². The Morgan fingerprint density at radius 3 is 2.61 bits per heavy atom. The molecule has 0 aliphatic heterocycles. The monoisotopic (exact) mass is 309 g/mol. The topological polar surface area (TPSA) is 75.9 Å². The number of aromatic nitrogens is 3. The Balaban J connectivity index is 1.75. The molecule has 6 heteroatoms. The molecule has 0 radical (unpaired) electrons. The van der Waals surface area contributed by atoms with Crippen LogP contribution in [0.4, 0.5) is 17.5 Å². The number of nitrogens with one attached hydrogen (secondary N) is 2. The summed E-state index contributed by atoms with van der Waals surface area (Å²) < 4.78 is 5.28. The van der Waals surface area contributed by atoms with Crippen LogP contribution in [0.2, 0.25) is 0 Å². The molecule has 1 aromatic carbocycles. The van der Waals surface area contributed by atoms with Crippen molar-refractivity contribution in [1.29, 1.82) is 0 Å². The van der Waals surface area contributed by atoms with Crippen LogP contribution in [0.1, 0.15) is 22.5 Å². The van der Waals surface area contributed by atoms with E-state index in [0.29, 0.717) is 18.3 Å². The van der Waals surface area contributed by atoms with Gasteiger partial charge in [0.05, 0.1) is 19.0 Å². The van der Waals surface area contributed by atoms with Gasteiger partial charge in [-0.3, -0.25) is 0 Å². The van der Waals surface area contributed by atoms with Gasteiger partial charge in [-0.15, -0.1) is 5.10 Å². The largest absolute Gasteiger partial charge is 0.467 e. The standard InChI is InChI=1S/C17H19N5O/c1-11-7-12(2)16(13(3)8-11)21-17-20-15(10-19-22-17)18-9-14-5-4-6-23-14/h4-8,10H,9H2,1-3H3,(H2,18,20,21,22). The minimum Gasteiger partial charge on any atom is -0.467 e. The van der Waals surface area contributed by atoms with E-state index in [4.69, 9.17) is 4.42 Å². The molecular weight excluding hydrogens is 290 g/mol.